The second-order valence-electron chi connectivity index (χ2n) is 4.96. The van der Waals surface area contributed by atoms with Crippen molar-refractivity contribution in [2.45, 2.75) is 0 Å². The van der Waals surface area contributed by atoms with Crippen LogP contribution in [-0.4, -0.2) is 10.9 Å². The fourth-order valence-corrected chi connectivity index (χ4v) is 2.78. The molecule has 7 heteroatoms. The van der Waals surface area contributed by atoms with Crippen LogP contribution in [0.25, 0.3) is 10.8 Å². The first-order valence-electron chi connectivity index (χ1n) is 6.79. The molecule has 24 heavy (non-hydrogen) atoms. The second kappa shape index (κ2) is 6.59. The highest BCUT2D eigenvalue weighted by Gasteiger charge is 2.18. The number of fused-ring (bicyclic) bond motifs is 1. The molecule has 0 aromatic heterocycles. The van der Waals surface area contributed by atoms with Crippen LogP contribution in [0.2, 0.25) is 5.02 Å². The van der Waals surface area contributed by atoms with Gasteiger partial charge in [0.15, 0.2) is 0 Å². The molecule has 3 aromatic rings. The van der Waals surface area contributed by atoms with E-state index in [-0.39, 0.29) is 16.3 Å². The van der Waals surface area contributed by atoms with E-state index >= 15 is 0 Å². The minimum atomic E-state index is -0.750. The van der Waals surface area contributed by atoms with Crippen LogP contribution in [-0.2, 0) is 0 Å². The number of hydrogen-bond acceptors (Lipinski definition) is 4. The number of non-ortho nitro benzene ring substituents is 1. The van der Waals surface area contributed by atoms with Gasteiger partial charge in [0.25, 0.3) is 5.69 Å². The van der Waals surface area contributed by atoms with Crippen molar-refractivity contribution in [2.24, 2.45) is 0 Å². The number of benzene rings is 3. The fraction of sp³-hybridized carbons (Fsp3) is 0. The number of carbonyl (C=O) groups excluding carboxylic acids is 1. The summed E-state index contributed by atoms with van der Waals surface area (Å²) in [7, 11) is 0. The van der Waals surface area contributed by atoms with Gasteiger partial charge in [-0.2, -0.15) is 0 Å². The summed E-state index contributed by atoms with van der Waals surface area (Å²) in [4.78, 5) is 22.5. The van der Waals surface area contributed by atoms with Crippen molar-refractivity contribution < 1.29 is 14.5 Å². The van der Waals surface area contributed by atoms with E-state index in [2.05, 4.69) is 15.9 Å². The van der Waals surface area contributed by atoms with Gasteiger partial charge >= 0.3 is 5.97 Å². The van der Waals surface area contributed by atoms with Crippen LogP contribution in [0, 0.1) is 10.1 Å². The molecule has 0 aliphatic heterocycles. The Morgan fingerprint density at radius 1 is 1.04 bits per heavy atom. The minimum absolute atomic E-state index is 0.0539. The van der Waals surface area contributed by atoms with Crippen LogP contribution in [0.3, 0.4) is 0 Å². The number of ether oxygens (including phenoxy) is 1. The van der Waals surface area contributed by atoms with E-state index in [0.717, 1.165) is 21.3 Å². The number of nitrogens with zero attached hydrogens (tertiary/aromatic N) is 1. The molecule has 0 amide bonds. The molecule has 0 aliphatic carbocycles. The molecule has 120 valence electrons. The van der Waals surface area contributed by atoms with Gasteiger partial charge in [-0.1, -0.05) is 39.7 Å². The van der Waals surface area contributed by atoms with Gasteiger partial charge in [-0.05, 0) is 41.1 Å². The molecule has 0 unspecified atom stereocenters. The van der Waals surface area contributed by atoms with Gasteiger partial charge in [-0.3, -0.25) is 10.1 Å². The molecular formula is C17H9BrClNO4. The lowest BCUT2D eigenvalue weighted by molar-refractivity contribution is -0.384. The summed E-state index contributed by atoms with van der Waals surface area (Å²) >= 11 is 9.34. The Kier molecular flexibility index (Phi) is 4.51. The number of carbonyl (C=O) groups is 1. The van der Waals surface area contributed by atoms with Crippen molar-refractivity contribution in [1.29, 1.82) is 0 Å². The van der Waals surface area contributed by atoms with E-state index in [1.54, 1.807) is 12.1 Å². The van der Waals surface area contributed by atoms with E-state index in [4.69, 9.17) is 16.3 Å². The number of esters is 1. The summed E-state index contributed by atoms with van der Waals surface area (Å²) in [5, 5.41) is 12.8. The molecule has 0 heterocycles. The molecule has 3 aromatic carbocycles. The molecular weight excluding hydrogens is 398 g/mol. The molecule has 0 fully saturated rings. The average Bonchev–Trinajstić information content (AvgIpc) is 2.55. The molecule has 0 bridgehead atoms. The highest BCUT2D eigenvalue weighted by Crippen LogP contribution is 2.27. The largest absolute Gasteiger partial charge is 0.423 e. The van der Waals surface area contributed by atoms with Crippen LogP contribution in [0.1, 0.15) is 10.4 Å². The second-order valence-corrected chi connectivity index (χ2v) is 6.29. The van der Waals surface area contributed by atoms with Crippen LogP contribution in [0.4, 0.5) is 5.69 Å². The lowest BCUT2D eigenvalue weighted by Gasteiger charge is -2.07. The molecule has 0 radical (unpaired) electrons. The SMILES string of the molecule is O=C(Oc1ccc2cc(Br)ccc2c1)c1cc([N+](=O)[O-])ccc1Cl. The number of nitro groups is 1. The highest BCUT2D eigenvalue weighted by molar-refractivity contribution is 9.10. The zero-order chi connectivity index (χ0) is 17.3. The van der Waals surface area contributed by atoms with Crippen molar-refractivity contribution in [3.8, 4) is 5.75 Å². The van der Waals surface area contributed by atoms with Crippen LogP contribution < -0.4 is 4.74 Å². The number of rotatable bonds is 3. The van der Waals surface area contributed by atoms with E-state index in [0.29, 0.717) is 5.75 Å². The third-order valence-electron chi connectivity index (χ3n) is 3.36. The number of hydrogen-bond donors (Lipinski definition) is 0. The van der Waals surface area contributed by atoms with Gasteiger partial charge < -0.3 is 4.74 Å². The Labute approximate surface area is 150 Å². The zero-order valence-electron chi connectivity index (χ0n) is 12.0. The predicted octanol–water partition coefficient (Wildman–Crippen LogP) is 5.38. The molecule has 0 saturated heterocycles. The van der Waals surface area contributed by atoms with Gasteiger partial charge in [-0.25, -0.2) is 4.79 Å². The molecule has 0 aliphatic rings. The average molecular weight is 407 g/mol. The van der Waals surface area contributed by atoms with Gasteiger partial charge in [0, 0.05) is 16.6 Å². The van der Waals surface area contributed by atoms with Crippen molar-refractivity contribution in [1.82, 2.24) is 0 Å². The summed E-state index contributed by atoms with van der Waals surface area (Å²) in [6.45, 7) is 0. The van der Waals surface area contributed by atoms with Crippen molar-refractivity contribution >= 4 is 50.0 Å². The van der Waals surface area contributed by atoms with Crippen molar-refractivity contribution in [2.75, 3.05) is 0 Å². The van der Waals surface area contributed by atoms with Crippen molar-refractivity contribution in [3.63, 3.8) is 0 Å². The van der Waals surface area contributed by atoms with Gasteiger partial charge in [0.2, 0.25) is 0 Å². The maximum Gasteiger partial charge on any atom is 0.345 e. The maximum atomic E-state index is 12.3. The molecule has 5 nitrogen and oxygen atoms in total. The lowest BCUT2D eigenvalue weighted by Crippen LogP contribution is -2.09. The number of nitro benzene ring substituents is 1. The quantitative estimate of drug-likeness (QED) is 0.253. The van der Waals surface area contributed by atoms with Gasteiger partial charge in [-0.15, -0.1) is 0 Å². The van der Waals surface area contributed by atoms with E-state index in [1.807, 2.05) is 24.3 Å². The molecule has 0 saturated carbocycles. The predicted molar refractivity (Wildman–Crippen MR) is 94.7 cm³/mol. The Bertz CT molecular complexity index is 974. The molecule has 0 atom stereocenters. The monoisotopic (exact) mass is 405 g/mol. The maximum absolute atomic E-state index is 12.3. The smallest absolute Gasteiger partial charge is 0.345 e. The highest BCUT2D eigenvalue weighted by atomic mass is 79.9. The fourth-order valence-electron chi connectivity index (χ4n) is 2.20. The summed E-state index contributed by atoms with van der Waals surface area (Å²) in [5.41, 5.74) is -0.281. The summed E-state index contributed by atoms with van der Waals surface area (Å²) in [6.07, 6.45) is 0. The summed E-state index contributed by atoms with van der Waals surface area (Å²) < 4.78 is 6.24. The van der Waals surface area contributed by atoms with Gasteiger partial charge in [0.05, 0.1) is 15.5 Å². The van der Waals surface area contributed by atoms with Crippen LogP contribution in [0.5, 0.6) is 5.75 Å². The summed E-state index contributed by atoms with van der Waals surface area (Å²) in [5.74, 6) is -0.419. The van der Waals surface area contributed by atoms with Crippen LogP contribution in [0.15, 0.2) is 59.1 Å². The first-order valence-corrected chi connectivity index (χ1v) is 7.96. The Morgan fingerprint density at radius 2 is 1.75 bits per heavy atom. The van der Waals surface area contributed by atoms with Crippen LogP contribution >= 0.6 is 27.5 Å². The standard InChI is InChI=1S/C17H9BrClNO4/c18-12-3-1-11-8-14(5-2-10(11)7-12)24-17(21)15-9-13(20(22)23)4-6-16(15)19/h1-9H. The Balaban J connectivity index is 1.91. The molecule has 0 N–H and O–H groups in total. The Hall–Kier alpha value is -2.44. The first kappa shape index (κ1) is 16.4. The van der Waals surface area contributed by atoms with Gasteiger partial charge in [0.1, 0.15) is 5.75 Å². The van der Waals surface area contributed by atoms with Crippen molar-refractivity contribution in [3.05, 3.63) is 79.8 Å². The normalized spacial score (nSPS) is 10.6. The lowest BCUT2D eigenvalue weighted by atomic mass is 10.1. The van der Waals surface area contributed by atoms with E-state index < -0.39 is 10.9 Å². The zero-order valence-corrected chi connectivity index (χ0v) is 14.4. The topological polar surface area (TPSA) is 69.4 Å². The molecule has 0 spiro atoms. The van der Waals surface area contributed by atoms with E-state index in [9.17, 15) is 14.9 Å². The van der Waals surface area contributed by atoms with E-state index in [1.165, 1.54) is 12.1 Å². The third kappa shape index (κ3) is 3.39. The first-order chi connectivity index (χ1) is 11.4. The third-order valence-corrected chi connectivity index (χ3v) is 4.19. The Morgan fingerprint density at radius 3 is 2.50 bits per heavy atom. The molecule has 3 rings (SSSR count). The minimum Gasteiger partial charge on any atom is -0.423 e. The summed E-state index contributed by atoms with van der Waals surface area (Å²) in [6, 6.07) is 14.5. The number of halogens is 2.